The van der Waals surface area contributed by atoms with E-state index in [0.29, 0.717) is 19.3 Å². The summed E-state index contributed by atoms with van der Waals surface area (Å²) in [7, 11) is 0. The van der Waals surface area contributed by atoms with E-state index in [1.54, 1.807) is 0 Å². The largest absolute Gasteiger partial charge is 0.462 e. The van der Waals surface area contributed by atoms with Gasteiger partial charge in [-0.25, -0.2) is 0 Å². The minimum absolute atomic E-state index is 0.105. The van der Waals surface area contributed by atoms with Crippen LogP contribution in [-0.4, -0.2) is 37.2 Å². The number of carbonyl (C=O) groups excluding carboxylic acids is 3. The van der Waals surface area contributed by atoms with E-state index in [-0.39, 0.29) is 37.5 Å². The number of ether oxygens (including phenoxy) is 3. The van der Waals surface area contributed by atoms with Crippen LogP contribution in [-0.2, 0) is 28.6 Å². The molecule has 0 aliphatic heterocycles. The van der Waals surface area contributed by atoms with E-state index < -0.39 is 6.10 Å². The normalized spacial score (nSPS) is 12.6. The smallest absolute Gasteiger partial charge is 0.306 e. The average molecular weight is 1070 g/mol. The topological polar surface area (TPSA) is 78.9 Å². The fraction of sp³-hybridized carbons (Fsp3) is 0.761. The first-order valence-electron chi connectivity index (χ1n) is 33.1. The summed E-state index contributed by atoms with van der Waals surface area (Å²) in [5, 5.41) is 0. The number of hydrogen-bond donors (Lipinski definition) is 0. The van der Waals surface area contributed by atoms with Crippen molar-refractivity contribution in [1.82, 2.24) is 0 Å². The van der Waals surface area contributed by atoms with Crippen LogP contribution in [0.4, 0.5) is 0 Å². The molecule has 0 radical (unpaired) electrons. The molecule has 0 heterocycles. The molecule has 0 spiro atoms. The van der Waals surface area contributed by atoms with Gasteiger partial charge in [-0.1, -0.05) is 311 Å². The van der Waals surface area contributed by atoms with Crippen LogP contribution >= 0.6 is 0 Å². The highest BCUT2D eigenvalue weighted by molar-refractivity contribution is 5.71. The van der Waals surface area contributed by atoms with Crippen LogP contribution in [0.25, 0.3) is 0 Å². The van der Waals surface area contributed by atoms with Crippen LogP contribution in [0.2, 0.25) is 0 Å². The second-order valence-electron chi connectivity index (χ2n) is 22.0. The predicted octanol–water partition coefficient (Wildman–Crippen LogP) is 22.7. The molecule has 0 amide bonds. The molecule has 0 saturated carbocycles. The molecule has 77 heavy (non-hydrogen) atoms. The lowest BCUT2D eigenvalue weighted by atomic mass is 10.0. The van der Waals surface area contributed by atoms with Gasteiger partial charge in [0.15, 0.2) is 6.10 Å². The van der Waals surface area contributed by atoms with E-state index in [9.17, 15) is 14.4 Å². The first-order chi connectivity index (χ1) is 38.0. The van der Waals surface area contributed by atoms with E-state index in [0.717, 1.165) is 77.0 Å². The Hall–Kier alpha value is -3.41. The standard InChI is InChI=1S/C71H124O6/c1-4-7-10-13-16-19-22-25-28-31-34-35-36-38-40-43-46-49-52-55-58-61-64-70(73)76-67-68(66-75-69(72)63-60-57-54-51-48-45-42-39-33-30-27-24-21-18-15-12-9-6-3)77-71(74)65-62-59-56-53-50-47-44-41-37-32-29-26-23-20-17-14-11-8-5-2/h8,11,17,20,26,29-30,33,37,41,47,50,56,59,68H,4-7,9-10,12-16,18-19,21-25,27-28,31-32,34-36,38-40,42-46,48-49,51-55,57-58,60-67H2,1-3H3/b11-8-,20-17-,29-26-,33-30-,41-37-,50-47-,59-56-. The zero-order valence-electron chi connectivity index (χ0n) is 51.0. The Balaban J connectivity index is 4.43. The van der Waals surface area contributed by atoms with Crippen LogP contribution in [0.1, 0.15) is 329 Å². The maximum Gasteiger partial charge on any atom is 0.306 e. The monoisotopic (exact) mass is 1070 g/mol. The molecule has 0 aromatic carbocycles. The van der Waals surface area contributed by atoms with Crippen molar-refractivity contribution in [2.24, 2.45) is 0 Å². The Kier molecular flexibility index (Phi) is 62.2. The molecular formula is C71H124O6. The molecule has 6 heteroatoms. The molecule has 0 fully saturated rings. The summed E-state index contributed by atoms with van der Waals surface area (Å²) in [5.74, 6) is -0.979. The van der Waals surface area contributed by atoms with Crippen LogP contribution in [0.15, 0.2) is 85.1 Å². The average Bonchev–Trinajstić information content (AvgIpc) is 3.43. The number of carbonyl (C=O) groups is 3. The summed E-state index contributed by atoms with van der Waals surface area (Å²) >= 11 is 0. The maximum atomic E-state index is 12.9. The lowest BCUT2D eigenvalue weighted by Gasteiger charge is -2.18. The predicted molar refractivity (Wildman–Crippen MR) is 334 cm³/mol. The van der Waals surface area contributed by atoms with Crippen molar-refractivity contribution in [2.45, 2.75) is 335 Å². The molecule has 0 rings (SSSR count). The molecule has 0 aliphatic rings. The minimum atomic E-state index is -0.819. The van der Waals surface area contributed by atoms with Crippen molar-refractivity contribution in [3.05, 3.63) is 85.1 Å². The summed E-state index contributed by atoms with van der Waals surface area (Å²) in [6.45, 7) is 6.51. The van der Waals surface area contributed by atoms with Crippen molar-refractivity contribution in [2.75, 3.05) is 13.2 Å². The molecule has 444 valence electrons. The van der Waals surface area contributed by atoms with E-state index in [2.05, 4.69) is 99.8 Å². The molecule has 0 aromatic rings. The summed E-state index contributed by atoms with van der Waals surface area (Å²) < 4.78 is 16.9. The van der Waals surface area contributed by atoms with Gasteiger partial charge in [-0.05, 0) is 83.5 Å². The van der Waals surface area contributed by atoms with Crippen molar-refractivity contribution in [1.29, 1.82) is 0 Å². The number of allylic oxidation sites excluding steroid dienone is 14. The van der Waals surface area contributed by atoms with Gasteiger partial charge < -0.3 is 14.2 Å². The minimum Gasteiger partial charge on any atom is -0.462 e. The molecule has 1 atom stereocenters. The van der Waals surface area contributed by atoms with Gasteiger partial charge >= 0.3 is 17.9 Å². The van der Waals surface area contributed by atoms with Crippen LogP contribution in [0.5, 0.6) is 0 Å². The second-order valence-corrected chi connectivity index (χ2v) is 22.0. The highest BCUT2D eigenvalue weighted by atomic mass is 16.6. The Morgan fingerprint density at radius 1 is 0.273 bits per heavy atom. The third-order valence-electron chi connectivity index (χ3n) is 14.4. The number of hydrogen-bond acceptors (Lipinski definition) is 6. The first-order valence-corrected chi connectivity index (χ1v) is 33.1. The van der Waals surface area contributed by atoms with Gasteiger partial charge in [0.2, 0.25) is 0 Å². The first kappa shape index (κ1) is 73.6. The zero-order chi connectivity index (χ0) is 55.7. The van der Waals surface area contributed by atoms with E-state index >= 15 is 0 Å². The molecule has 0 aliphatic carbocycles. The molecule has 0 N–H and O–H groups in total. The molecular weight excluding hydrogens is 949 g/mol. The second kappa shape index (κ2) is 65.1. The van der Waals surface area contributed by atoms with Crippen LogP contribution in [0, 0.1) is 0 Å². The Morgan fingerprint density at radius 3 is 0.844 bits per heavy atom. The molecule has 1 unspecified atom stereocenters. The van der Waals surface area contributed by atoms with E-state index in [4.69, 9.17) is 14.2 Å². The molecule has 0 aromatic heterocycles. The number of rotatable bonds is 60. The van der Waals surface area contributed by atoms with Crippen LogP contribution < -0.4 is 0 Å². The summed E-state index contributed by atoms with van der Waals surface area (Å²) in [6, 6.07) is 0. The van der Waals surface area contributed by atoms with E-state index in [1.165, 1.54) is 205 Å². The highest BCUT2D eigenvalue weighted by Gasteiger charge is 2.19. The van der Waals surface area contributed by atoms with Gasteiger partial charge in [-0.2, -0.15) is 0 Å². The van der Waals surface area contributed by atoms with Gasteiger partial charge in [0, 0.05) is 19.3 Å². The molecule has 0 saturated heterocycles. The highest BCUT2D eigenvalue weighted by Crippen LogP contribution is 2.17. The van der Waals surface area contributed by atoms with Crippen molar-refractivity contribution >= 4 is 17.9 Å². The number of unbranched alkanes of at least 4 members (excludes halogenated alkanes) is 35. The lowest BCUT2D eigenvalue weighted by molar-refractivity contribution is -0.166. The zero-order valence-corrected chi connectivity index (χ0v) is 51.0. The van der Waals surface area contributed by atoms with Gasteiger partial charge in [-0.15, -0.1) is 0 Å². The Bertz CT molecular complexity index is 1470. The third kappa shape index (κ3) is 63.3. The molecule has 0 bridgehead atoms. The summed E-state index contributed by atoms with van der Waals surface area (Å²) in [5.41, 5.74) is 0. The van der Waals surface area contributed by atoms with E-state index in [1.807, 2.05) is 6.08 Å². The van der Waals surface area contributed by atoms with Gasteiger partial charge in [0.25, 0.3) is 0 Å². The SMILES string of the molecule is CC/C=C\C/C=C\C/C=C\C/C=C\C/C=C\C/C=C\CCC(=O)OC(COC(=O)CCCCCCCCC/C=C\CCCCCCCCC)COC(=O)CCCCCCCCCCCCCCCCCCCCCCCC. The Labute approximate surface area is 477 Å². The maximum absolute atomic E-state index is 12.9. The summed E-state index contributed by atoms with van der Waals surface area (Å²) in [4.78, 5) is 38.3. The van der Waals surface area contributed by atoms with Crippen molar-refractivity contribution in [3.63, 3.8) is 0 Å². The molecule has 6 nitrogen and oxygen atoms in total. The van der Waals surface area contributed by atoms with Gasteiger partial charge in [-0.3, -0.25) is 14.4 Å². The Morgan fingerprint density at radius 2 is 0.532 bits per heavy atom. The van der Waals surface area contributed by atoms with Crippen molar-refractivity contribution in [3.8, 4) is 0 Å². The third-order valence-corrected chi connectivity index (χ3v) is 14.4. The van der Waals surface area contributed by atoms with Crippen molar-refractivity contribution < 1.29 is 28.6 Å². The fourth-order valence-electron chi connectivity index (χ4n) is 9.47. The summed E-state index contributed by atoms with van der Waals surface area (Å²) in [6.07, 6.45) is 86.1. The van der Waals surface area contributed by atoms with Crippen LogP contribution in [0.3, 0.4) is 0 Å². The quantitative estimate of drug-likeness (QED) is 0.0261. The fourth-order valence-corrected chi connectivity index (χ4v) is 9.47. The number of esters is 3. The lowest BCUT2D eigenvalue weighted by Crippen LogP contribution is -2.30. The van der Waals surface area contributed by atoms with Gasteiger partial charge in [0.1, 0.15) is 13.2 Å². The van der Waals surface area contributed by atoms with Gasteiger partial charge in [0.05, 0.1) is 0 Å².